The lowest BCUT2D eigenvalue weighted by Gasteiger charge is -2.25. The largest absolute Gasteiger partial charge is 0.480 e. The van der Waals surface area contributed by atoms with Gasteiger partial charge in [-0.15, -0.1) is 0 Å². The Morgan fingerprint density at radius 3 is 2.19 bits per heavy atom. The topological polar surface area (TPSA) is 179 Å². The number of carboxylic acids is 1. The van der Waals surface area contributed by atoms with E-state index in [0.29, 0.717) is 18.5 Å². The third-order valence-electron chi connectivity index (χ3n) is 5.34. The van der Waals surface area contributed by atoms with Crippen molar-refractivity contribution in [2.75, 3.05) is 6.54 Å². The number of nitrogens with zero attached hydrogens (tertiary/aromatic N) is 1. The quantitative estimate of drug-likeness (QED) is 0.241. The van der Waals surface area contributed by atoms with Crippen molar-refractivity contribution < 1.29 is 24.3 Å². The molecule has 0 aromatic carbocycles. The van der Waals surface area contributed by atoms with E-state index in [2.05, 4.69) is 25.9 Å². The molecule has 0 aliphatic carbocycles. The molecule has 0 spiro atoms. The number of rotatable bonds is 13. The van der Waals surface area contributed by atoms with Crippen molar-refractivity contribution >= 4 is 23.7 Å². The number of nitrogens with two attached hydrogens (primary N) is 1. The molecule has 0 radical (unpaired) electrons. The zero-order valence-corrected chi connectivity index (χ0v) is 18.5. The highest BCUT2D eigenvalue weighted by molar-refractivity contribution is 5.92. The molecule has 1 aromatic rings. The Hall–Kier alpha value is -2.95. The summed E-state index contributed by atoms with van der Waals surface area (Å²) in [5.74, 6) is -3.26. The van der Waals surface area contributed by atoms with E-state index in [1.165, 1.54) is 6.33 Å². The normalized spacial score (nSPS) is 15.8. The van der Waals surface area contributed by atoms with Crippen LogP contribution in [0.25, 0.3) is 0 Å². The summed E-state index contributed by atoms with van der Waals surface area (Å²) in [6, 6.07) is -2.81. The van der Waals surface area contributed by atoms with E-state index < -0.39 is 48.4 Å². The molecule has 5 atom stereocenters. The van der Waals surface area contributed by atoms with E-state index in [0.717, 1.165) is 0 Å². The molecule has 0 fully saturated rings. The van der Waals surface area contributed by atoms with Gasteiger partial charge in [-0.05, 0) is 11.8 Å². The van der Waals surface area contributed by atoms with Crippen molar-refractivity contribution in [2.24, 2.45) is 17.6 Å². The minimum absolute atomic E-state index is 0.210. The number of carbonyl (C=O) groups excluding carboxylic acids is 3. The Morgan fingerprint density at radius 1 is 1.06 bits per heavy atom. The first-order valence-corrected chi connectivity index (χ1v) is 10.4. The van der Waals surface area contributed by atoms with Crippen LogP contribution >= 0.6 is 0 Å². The number of hydrogen-bond donors (Lipinski definition) is 6. The van der Waals surface area contributed by atoms with Crippen molar-refractivity contribution in [1.82, 2.24) is 25.9 Å². The van der Waals surface area contributed by atoms with Gasteiger partial charge in [0.05, 0.1) is 18.9 Å². The van der Waals surface area contributed by atoms with Gasteiger partial charge in [0, 0.05) is 18.3 Å². The number of nitrogens with one attached hydrogen (secondary N) is 4. The molecule has 31 heavy (non-hydrogen) atoms. The summed E-state index contributed by atoms with van der Waals surface area (Å²) in [4.78, 5) is 55.4. The molecule has 0 bridgehead atoms. The van der Waals surface area contributed by atoms with Crippen molar-refractivity contribution in [3.63, 3.8) is 0 Å². The summed E-state index contributed by atoms with van der Waals surface area (Å²) in [7, 11) is 0. The number of aromatic nitrogens is 2. The molecule has 0 saturated carbocycles. The number of imidazole rings is 1. The SMILES string of the molecule is CC[C@H](C)[C@H](NC(=O)CNC(=O)[C@@H](NC(=O)[C@@H](N)Cc1cnc[nH]1)[C@@H](C)CC)C(=O)O. The summed E-state index contributed by atoms with van der Waals surface area (Å²) >= 11 is 0. The zero-order chi connectivity index (χ0) is 23.6. The third kappa shape index (κ3) is 8.36. The predicted molar refractivity (Wildman–Crippen MR) is 114 cm³/mol. The minimum atomic E-state index is -1.13. The van der Waals surface area contributed by atoms with Gasteiger partial charge in [-0.3, -0.25) is 14.4 Å². The number of hydrogen-bond acceptors (Lipinski definition) is 6. The molecule has 0 saturated heterocycles. The molecular formula is C20H34N6O5. The highest BCUT2D eigenvalue weighted by Crippen LogP contribution is 2.10. The second kappa shape index (κ2) is 12.7. The Morgan fingerprint density at radius 2 is 1.68 bits per heavy atom. The third-order valence-corrected chi connectivity index (χ3v) is 5.34. The molecule has 1 aromatic heterocycles. The molecule has 174 valence electrons. The maximum Gasteiger partial charge on any atom is 0.326 e. The number of amides is 3. The van der Waals surface area contributed by atoms with Crippen LogP contribution in [0.2, 0.25) is 0 Å². The first kappa shape index (κ1) is 26.1. The fourth-order valence-corrected chi connectivity index (χ4v) is 2.87. The summed E-state index contributed by atoms with van der Waals surface area (Å²) in [5, 5.41) is 16.8. The van der Waals surface area contributed by atoms with Crippen LogP contribution in [0.5, 0.6) is 0 Å². The average Bonchev–Trinajstić information content (AvgIpc) is 3.25. The zero-order valence-electron chi connectivity index (χ0n) is 18.5. The summed E-state index contributed by atoms with van der Waals surface area (Å²) in [6.07, 6.45) is 4.46. The highest BCUT2D eigenvalue weighted by Gasteiger charge is 2.29. The first-order valence-electron chi connectivity index (χ1n) is 10.4. The van der Waals surface area contributed by atoms with Gasteiger partial charge >= 0.3 is 5.97 Å². The maximum absolute atomic E-state index is 12.7. The monoisotopic (exact) mass is 438 g/mol. The summed E-state index contributed by atoms with van der Waals surface area (Å²) in [6.45, 7) is 6.82. The predicted octanol–water partition coefficient (Wildman–Crippen LogP) is -0.458. The smallest absolute Gasteiger partial charge is 0.326 e. The van der Waals surface area contributed by atoms with E-state index in [9.17, 15) is 24.3 Å². The van der Waals surface area contributed by atoms with Crippen LogP contribution in [-0.2, 0) is 25.6 Å². The Balaban J connectivity index is 2.68. The Labute approximate surface area is 181 Å². The van der Waals surface area contributed by atoms with Crippen LogP contribution in [0, 0.1) is 11.8 Å². The van der Waals surface area contributed by atoms with E-state index in [4.69, 9.17) is 5.73 Å². The number of carboxylic acid groups (broad SMARTS) is 1. The molecule has 7 N–H and O–H groups in total. The lowest BCUT2D eigenvalue weighted by atomic mass is 9.97. The van der Waals surface area contributed by atoms with Gasteiger partial charge in [0.2, 0.25) is 17.7 Å². The van der Waals surface area contributed by atoms with Crippen molar-refractivity contribution in [2.45, 2.75) is 65.1 Å². The number of carbonyl (C=O) groups is 4. The summed E-state index contributed by atoms with van der Waals surface area (Å²) in [5.41, 5.74) is 6.63. The van der Waals surface area contributed by atoms with Gasteiger partial charge in [0.25, 0.3) is 0 Å². The van der Waals surface area contributed by atoms with E-state index in [-0.39, 0.29) is 18.3 Å². The Kier molecular flexibility index (Phi) is 10.7. The fraction of sp³-hybridized carbons (Fsp3) is 0.650. The van der Waals surface area contributed by atoms with Crippen molar-refractivity contribution in [3.05, 3.63) is 18.2 Å². The van der Waals surface area contributed by atoms with Gasteiger partial charge in [-0.1, -0.05) is 40.5 Å². The minimum Gasteiger partial charge on any atom is -0.480 e. The van der Waals surface area contributed by atoms with Crippen LogP contribution in [0.4, 0.5) is 0 Å². The molecule has 1 heterocycles. The van der Waals surface area contributed by atoms with Crippen LogP contribution in [-0.4, -0.2) is 63.4 Å². The first-order chi connectivity index (χ1) is 14.6. The van der Waals surface area contributed by atoms with Gasteiger partial charge < -0.3 is 31.8 Å². The number of aromatic amines is 1. The molecule has 0 aliphatic heterocycles. The van der Waals surface area contributed by atoms with Gasteiger partial charge in [-0.25, -0.2) is 9.78 Å². The van der Waals surface area contributed by atoms with Gasteiger partial charge in [0.15, 0.2) is 0 Å². The van der Waals surface area contributed by atoms with Crippen LogP contribution in [0.3, 0.4) is 0 Å². The maximum atomic E-state index is 12.7. The standard InChI is InChI=1S/C20H34N6O5/c1-5-11(3)16(26-18(28)14(21)7-13-8-22-10-24-13)19(29)23-9-15(27)25-17(20(30)31)12(4)6-2/h8,10-12,14,16-17H,5-7,9,21H2,1-4H3,(H,22,24)(H,23,29)(H,25,27)(H,26,28)(H,30,31)/t11-,12-,14-,16-,17-/m0/s1. The fourth-order valence-electron chi connectivity index (χ4n) is 2.87. The lowest BCUT2D eigenvalue weighted by Crippen LogP contribution is -2.56. The Bertz CT molecular complexity index is 738. The highest BCUT2D eigenvalue weighted by atomic mass is 16.4. The second-order valence-electron chi connectivity index (χ2n) is 7.75. The van der Waals surface area contributed by atoms with Crippen molar-refractivity contribution in [3.8, 4) is 0 Å². The molecule has 0 aliphatic rings. The molecule has 0 unspecified atom stereocenters. The van der Waals surface area contributed by atoms with E-state index in [1.54, 1.807) is 20.0 Å². The van der Waals surface area contributed by atoms with Gasteiger partial charge in [0.1, 0.15) is 12.1 Å². The van der Waals surface area contributed by atoms with E-state index in [1.807, 2.05) is 13.8 Å². The van der Waals surface area contributed by atoms with E-state index >= 15 is 0 Å². The van der Waals surface area contributed by atoms with Crippen molar-refractivity contribution in [1.29, 1.82) is 0 Å². The summed E-state index contributed by atoms with van der Waals surface area (Å²) < 4.78 is 0. The molecule has 11 nitrogen and oxygen atoms in total. The van der Waals surface area contributed by atoms with Crippen LogP contribution in [0.15, 0.2) is 12.5 Å². The lowest BCUT2D eigenvalue weighted by molar-refractivity contribution is -0.143. The van der Waals surface area contributed by atoms with Crippen LogP contribution < -0.4 is 21.7 Å². The van der Waals surface area contributed by atoms with Crippen LogP contribution in [0.1, 0.15) is 46.2 Å². The molecule has 11 heteroatoms. The molecule has 1 rings (SSSR count). The second-order valence-corrected chi connectivity index (χ2v) is 7.75. The molecule has 3 amide bonds. The number of aliphatic carboxylic acids is 1. The van der Waals surface area contributed by atoms with Gasteiger partial charge in [-0.2, -0.15) is 0 Å². The number of H-pyrrole nitrogens is 1. The average molecular weight is 439 g/mol. The molecular weight excluding hydrogens is 404 g/mol.